The maximum atomic E-state index is 13.6. The van der Waals surface area contributed by atoms with Gasteiger partial charge in [0.1, 0.15) is 0 Å². The molecule has 0 saturated carbocycles. The first-order valence-corrected chi connectivity index (χ1v) is 6.53. The van der Waals surface area contributed by atoms with Crippen LogP contribution >= 0.6 is 11.6 Å². The van der Waals surface area contributed by atoms with E-state index in [4.69, 9.17) is 11.6 Å². The SMILES string of the molecule is O=C(/C=C/c1ccccc1[N+](=O)[O-])Nc1cccc(Cl)c1F. The number of carbonyl (C=O) groups is 1. The van der Waals surface area contributed by atoms with Gasteiger partial charge >= 0.3 is 0 Å². The average molecular weight is 321 g/mol. The molecule has 5 nitrogen and oxygen atoms in total. The molecule has 2 aromatic carbocycles. The number of anilines is 1. The van der Waals surface area contributed by atoms with Gasteiger partial charge in [-0.3, -0.25) is 14.9 Å². The number of nitrogens with zero attached hydrogens (tertiary/aromatic N) is 1. The van der Waals surface area contributed by atoms with Gasteiger partial charge in [0.05, 0.1) is 21.2 Å². The molecule has 0 heterocycles. The van der Waals surface area contributed by atoms with E-state index in [-0.39, 0.29) is 22.0 Å². The third-order valence-electron chi connectivity index (χ3n) is 2.76. The number of para-hydroxylation sites is 1. The van der Waals surface area contributed by atoms with Crippen molar-refractivity contribution in [3.05, 3.63) is 75.1 Å². The predicted molar refractivity (Wildman–Crippen MR) is 82.2 cm³/mol. The van der Waals surface area contributed by atoms with Crippen molar-refractivity contribution in [1.29, 1.82) is 0 Å². The second-order valence-corrected chi connectivity index (χ2v) is 4.65. The summed E-state index contributed by atoms with van der Waals surface area (Å²) in [6.07, 6.45) is 2.37. The van der Waals surface area contributed by atoms with Crippen molar-refractivity contribution in [2.45, 2.75) is 0 Å². The highest BCUT2D eigenvalue weighted by atomic mass is 35.5. The summed E-state index contributed by atoms with van der Waals surface area (Å²) in [7, 11) is 0. The monoisotopic (exact) mass is 320 g/mol. The molecule has 2 aromatic rings. The van der Waals surface area contributed by atoms with E-state index in [1.54, 1.807) is 6.07 Å². The first kappa shape index (κ1) is 15.7. The molecular formula is C15H10ClFN2O3. The van der Waals surface area contributed by atoms with Crippen molar-refractivity contribution in [3.63, 3.8) is 0 Å². The summed E-state index contributed by atoms with van der Waals surface area (Å²) >= 11 is 5.61. The number of benzene rings is 2. The molecule has 0 fully saturated rings. The molecule has 112 valence electrons. The molecule has 1 N–H and O–H groups in total. The van der Waals surface area contributed by atoms with Crippen molar-refractivity contribution in [1.82, 2.24) is 0 Å². The topological polar surface area (TPSA) is 72.2 Å². The predicted octanol–water partition coefficient (Wildman–Crippen LogP) is 4.04. The lowest BCUT2D eigenvalue weighted by Crippen LogP contribution is -2.09. The Morgan fingerprint density at radius 3 is 2.68 bits per heavy atom. The Bertz CT molecular complexity index is 762. The fourth-order valence-electron chi connectivity index (χ4n) is 1.73. The fourth-order valence-corrected chi connectivity index (χ4v) is 1.91. The lowest BCUT2D eigenvalue weighted by atomic mass is 10.1. The van der Waals surface area contributed by atoms with Crippen molar-refractivity contribution >= 4 is 35.0 Å². The number of nitro benzene ring substituents is 1. The van der Waals surface area contributed by atoms with Crippen LogP contribution < -0.4 is 5.32 Å². The number of nitrogens with one attached hydrogen (secondary N) is 1. The van der Waals surface area contributed by atoms with Gasteiger partial charge in [0, 0.05) is 12.1 Å². The summed E-state index contributed by atoms with van der Waals surface area (Å²) in [4.78, 5) is 22.1. The van der Waals surface area contributed by atoms with Gasteiger partial charge < -0.3 is 5.32 Å². The molecule has 0 unspecified atom stereocenters. The van der Waals surface area contributed by atoms with Crippen LogP contribution in [0.15, 0.2) is 48.5 Å². The van der Waals surface area contributed by atoms with Gasteiger partial charge in [0.25, 0.3) is 5.69 Å². The Labute approximate surface area is 130 Å². The number of halogens is 2. The third kappa shape index (κ3) is 3.67. The van der Waals surface area contributed by atoms with E-state index >= 15 is 0 Å². The highest BCUT2D eigenvalue weighted by molar-refractivity contribution is 6.31. The number of hydrogen-bond acceptors (Lipinski definition) is 3. The van der Waals surface area contributed by atoms with E-state index in [2.05, 4.69) is 5.32 Å². The maximum absolute atomic E-state index is 13.6. The highest BCUT2D eigenvalue weighted by Gasteiger charge is 2.11. The molecule has 0 bridgehead atoms. The Kier molecular flexibility index (Phi) is 4.85. The van der Waals surface area contributed by atoms with Crippen LogP contribution in [0.5, 0.6) is 0 Å². The van der Waals surface area contributed by atoms with Crippen LogP contribution in [0.25, 0.3) is 6.08 Å². The summed E-state index contributed by atoms with van der Waals surface area (Å²) in [5, 5.41) is 13.1. The van der Waals surface area contributed by atoms with E-state index in [0.29, 0.717) is 0 Å². The van der Waals surface area contributed by atoms with Gasteiger partial charge in [-0.25, -0.2) is 4.39 Å². The van der Waals surface area contributed by atoms with Crippen LogP contribution in [-0.4, -0.2) is 10.8 Å². The molecule has 2 rings (SSSR count). The van der Waals surface area contributed by atoms with E-state index in [0.717, 1.165) is 6.08 Å². The largest absolute Gasteiger partial charge is 0.320 e. The molecular weight excluding hydrogens is 311 g/mol. The van der Waals surface area contributed by atoms with Gasteiger partial charge in [0.15, 0.2) is 5.82 Å². The summed E-state index contributed by atoms with van der Waals surface area (Å²) in [5.41, 5.74) is 0.0828. The first-order valence-electron chi connectivity index (χ1n) is 6.15. The standard InChI is InChI=1S/C15H10ClFN2O3/c16-11-5-3-6-12(15(11)17)18-14(20)9-8-10-4-1-2-7-13(10)19(21)22/h1-9H,(H,18,20)/b9-8+. The average Bonchev–Trinajstić information content (AvgIpc) is 2.50. The van der Waals surface area contributed by atoms with E-state index in [1.165, 1.54) is 42.5 Å². The minimum Gasteiger partial charge on any atom is -0.320 e. The molecule has 0 radical (unpaired) electrons. The Balaban J connectivity index is 2.16. The summed E-state index contributed by atoms with van der Waals surface area (Å²) in [5.74, 6) is -1.36. The highest BCUT2D eigenvalue weighted by Crippen LogP contribution is 2.22. The second-order valence-electron chi connectivity index (χ2n) is 4.24. The normalized spacial score (nSPS) is 10.6. The van der Waals surface area contributed by atoms with Crippen LogP contribution in [0.3, 0.4) is 0 Å². The lowest BCUT2D eigenvalue weighted by molar-refractivity contribution is -0.385. The van der Waals surface area contributed by atoms with Crippen molar-refractivity contribution in [2.24, 2.45) is 0 Å². The minimum absolute atomic E-state index is 0.0651. The molecule has 0 atom stereocenters. The van der Waals surface area contributed by atoms with Gasteiger partial charge in [-0.15, -0.1) is 0 Å². The Morgan fingerprint density at radius 1 is 1.23 bits per heavy atom. The zero-order valence-electron chi connectivity index (χ0n) is 11.1. The van der Waals surface area contributed by atoms with Crippen LogP contribution in [0.2, 0.25) is 5.02 Å². The lowest BCUT2D eigenvalue weighted by Gasteiger charge is -2.04. The summed E-state index contributed by atoms with van der Waals surface area (Å²) < 4.78 is 13.6. The Hall–Kier alpha value is -2.73. The molecule has 0 aliphatic rings. The number of nitro groups is 1. The van der Waals surface area contributed by atoms with Gasteiger partial charge in [-0.05, 0) is 24.3 Å². The molecule has 0 aliphatic heterocycles. The van der Waals surface area contributed by atoms with Crippen molar-refractivity contribution in [3.8, 4) is 0 Å². The molecule has 0 aromatic heterocycles. The number of carbonyl (C=O) groups excluding carboxylic acids is 1. The zero-order chi connectivity index (χ0) is 16.1. The second kappa shape index (κ2) is 6.82. The zero-order valence-corrected chi connectivity index (χ0v) is 11.9. The van der Waals surface area contributed by atoms with Crippen LogP contribution in [0, 0.1) is 15.9 Å². The fraction of sp³-hybridized carbons (Fsp3) is 0. The maximum Gasteiger partial charge on any atom is 0.276 e. The molecule has 22 heavy (non-hydrogen) atoms. The van der Waals surface area contributed by atoms with Gasteiger partial charge in [-0.1, -0.05) is 29.8 Å². The molecule has 0 saturated heterocycles. The summed E-state index contributed by atoms with van der Waals surface area (Å²) in [6.45, 7) is 0. The van der Waals surface area contributed by atoms with Crippen molar-refractivity contribution in [2.75, 3.05) is 5.32 Å². The van der Waals surface area contributed by atoms with E-state index in [9.17, 15) is 19.3 Å². The van der Waals surface area contributed by atoms with Crippen LogP contribution in [0.1, 0.15) is 5.56 Å². The van der Waals surface area contributed by atoms with E-state index < -0.39 is 16.6 Å². The summed E-state index contributed by atoms with van der Waals surface area (Å²) in [6, 6.07) is 10.2. The smallest absolute Gasteiger partial charge is 0.276 e. The quantitative estimate of drug-likeness (QED) is 0.525. The Morgan fingerprint density at radius 2 is 1.95 bits per heavy atom. The molecule has 0 aliphatic carbocycles. The minimum atomic E-state index is -0.739. The first-order chi connectivity index (χ1) is 10.5. The third-order valence-corrected chi connectivity index (χ3v) is 3.05. The number of hydrogen-bond donors (Lipinski definition) is 1. The van der Waals surface area contributed by atoms with E-state index in [1.807, 2.05) is 0 Å². The van der Waals surface area contributed by atoms with Crippen LogP contribution in [0.4, 0.5) is 15.8 Å². The van der Waals surface area contributed by atoms with Crippen LogP contribution in [-0.2, 0) is 4.79 Å². The molecule has 1 amide bonds. The van der Waals surface area contributed by atoms with Gasteiger partial charge in [-0.2, -0.15) is 0 Å². The molecule has 0 spiro atoms. The number of amides is 1. The number of rotatable bonds is 4. The van der Waals surface area contributed by atoms with Crippen molar-refractivity contribution < 1.29 is 14.1 Å². The molecule has 7 heteroatoms. The van der Waals surface area contributed by atoms with Gasteiger partial charge in [0.2, 0.25) is 5.91 Å².